The number of benzene rings is 1. The first-order valence-electron chi connectivity index (χ1n) is 6.45. The number of fused-ring (bicyclic) bond motifs is 1. The zero-order valence-corrected chi connectivity index (χ0v) is 11.2. The summed E-state index contributed by atoms with van der Waals surface area (Å²) in [7, 11) is 2.15. The summed E-state index contributed by atoms with van der Waals surface area (Å²) in [6.45, 7) is 5.93. The van der Waals surface area contributed by atoms with Crippen LogP contribution in [0.5, 0.6) is 0 Å². The van der Waals surface area contributed by atoms with Crippen molar-refractivity contribution in [1.29, 1.82) is 0 Å². The Hall–Kier alpha value is -1.66. The van der Waals surface area contributed by atoms with E-state index in [2.05, 4.69) is 59.3 Å². The zero-order valence-electron chi connectivity index (χ0n) is 11.2. The lowest BCUT2D eigenvalue weighted by Gasteiger charge is -2.40. The highest BCUT2D eigenvalue weighted by molar-refractivity contribution is 5.73. The van der Waals surface area contributed by atoms with Gasteiger partial charge in [-0.1, -0.05) is 18.1 Å². The van der Waals surface area contributed by atoms with Crippen molar-refractivity contribution in [3.63, 3.8) is 0 Å². The normalized spacial score (nSPS) is 16.1. The molecule has 3 nitrogen and oxygen atoms in total. The predicted octanol–water partition coefficient (Wildman–Crippen LogP) is 1.55. The Kier molecular flexibility index (Phi) is 4.11. The summed E-state index contributed by atoms with van der Waals surface area (Å²) in [5.41, 5.74) is 2.63. The second kappa shape index (κ2) is 5.79. The molecule has 3 heteroatoms. The van der Waals surface area contributed by atoms with E-state index >= 15 is 0 Å². The minimum atomic E-state index is 0.452. The fourth-order valence-corrected chi connectivity index (χ4v) is 2.45. The van der Waals surface area contributed by atoms with Gasteiger partial charge < -0.3 is 15.1 Å². The highest BCUT2D eigenvalue weighted by atomic mass is 15.3. The van der Waals surface area contributed by atoms with E-state index in [0.717, 1.165) is 19.6 Å². The van der Waals surface area contributed by atoms with Crippen molar-refractivity contribution in [2.75, 3.05) is 43.0 Å². The number of para-hydroxylation sites is 2. The van der Waals surface area contributed by atoms with E-state index in [-0.39, 0.29) is 0 Å². The Balaban J connectivity index is 2.11. The molecule has 0 fully saturated rings. The zero-order chi connectivity index (χ0) is 13.0. The Morgan fingerprint density at radius 1 is 1.33 bits per heavy atom. The maximum atomic E-state index is 5.26. The van der Waals surface area contributed by atoms with Crippen LogP contribution in [0.3, 0.4) is 0 Å². The molecule has 1 heterocycles. The van der Waals surface area contributed by atoms with Crippen LogP contribution >= 0.6 is 0 Å². The molecule has 1 aliphatic heterocycles. The molecular formula is C15H21N3. The Morgan fingerprint density at radius 2 is 2.06 bits per heavy atom. The van der Waals surface area contributed by atoms with Crippen LogP contribution in [0.2, 0.25) is 0 Å². The van der Waals surface area contributed by atoms with Crippen LogP contribution in [-0.2, 0) is 0 Å². The number of nitrogens with one attached hydrogen (secondary N) is 1. The van der Waals surface area contributed by atoms with Gasteiger partial charge in [-0.25, -0.2) is 0 Å². The molecular weight excluding hydrogens is 222 g/mol. The number of likely N-dealkylation sites (N-methyl/N-ethyl adjacent to an activating group) is 1. The van der Waals surface area contributed by atoms with Gasteiger partial charge in [-0.15, -0.1) is 6.42 Å². The van der Waals surface area contributed by atoms with Crippen molar-refractivity contribution in [1.82, 2.24) is 5.32 Å². The molecule has 18 heavy (non-hydrogen) atoms. The van der Waals surface area contributed by atoms with Gasteiger partial charge in [-0.2, -0.15) is 0 Å². The Morgan fingerprint density at radius 3 is 2.78 bits per heavy atom. The van der Waals surface area contributed by atoms with E-state index < -0.39 is 0 Å². The summed E-state index contributed by atoms with van der Waals surface area (Å²) in [5.74, 6) is 2.61. The topological polar surface area (TPSA) is 18.5 Å². The number of hydrogen-bond donors (Lipinski definition) is 1. The maximum absolute atomic E-state index is 5.26. The lowest BCUT2D eigenvalue weighted by Crippen LogP contribution is -2.47. The van der Waals surface area contributed by atoms with E-state index in [0.29, 0.717) is 12.6 Å². The SMILES string of the molecule is C#CCNCC(C)N1CCN(C)c2ccccc21. The smallest absolute Gasteiger partial charge is 0.0607 e. The van der Waals surface area contributed by atoms with Crippen molar-refractivity contribution in [3.8, 4) is 12.3 Å². The molecule has 1 aliphatic rings. The van der Waals surface area contributed by atoms with Crippen molar-refractivity contribution in [2.24, 2.45) is 0 Å². The molecule has 1 N–H and O–H groups in total. The fourth-order valence-electron chi connectivity index (χ4n) is 2.45. The quantitative estimate of drug-likeness (QED) is 0.639. The fraction of sp³-hybridized carbons (Fsp3) is 0.467. The van der Waals surface area contributed by atoms with Crippen LogP contribution in [0.15, 0.2) is 24.3 Å². The molecule has 0 saturated heterocycles. The number of nitrogens with zero attached hydrogens (tertiary/aromatic N) is 2. The molecule has 0 spiro atoms. The number of hydrogen-bond acceptors (Lipinski definition) is 3. The third-order valence-corrected chi connectivity index (χ3v) is 3.48. The van der Waals surface area contributed by atoms with Crippen molar-refractivity contribution >= 4 is 11.4 Å². The summed E-state index contributed by atoms with van der Waals surface area (Å²) < 4.78 is 0. The maximum Gasteiger partial charge on any atom is 0.0607 e. The second-order valence-electron chi connectivity index (χ2n) is 4.79. The van der Waals surface area contributed by atoms with E-state index in [9.17, 15) is 0 Å². The summed E-state index contributed by atoms with van der Waals surface area (Å²) in [4.78, 5) is 4.77. The standard InChI is InChI=1S/C15H21N3/c1-4-9-16-12-13(2)18-11-10-17(3)14-7-5-6-8-15(14)18/h1,5-8,13,16H,9-12H2,2-3H3. The second-order valence-corrected chi connectivity index (χ2v) is 4.79. The van der Waals surface area contributed by atoms with Gasteiger partial charge in [0.2, 0.25) is 0 Å². The average Bonchev–Trinajstić information content (AvgIpc) is 2.39. The molecule has 1 unspecified atom stereocenters. The molecule has 0 radical (unpaired) electrons. The van der Waals surface area contributed by atoms with Crippen LogP contribution in [0.1, 0.15) is 6.92 Å². The molecule has 0 saturated carbocycles. The number of terminal acetylenes is 1. The first-order chi connectivity index (χ1) is 8.74. The largest absolute Gasteiger partial charge is 0.371 e. The Labute approximate surface area is 110 Å². The summed E-state index contributed by atoms with van der Waals surface area (Å²) in [6.07, 6.45) is 5.26. The minimum absolute atomic E-state index is 0.452. The lowest BCUT2D eigenvalue weighted by atomic mass is 10.1. The molecule has 0 aromatic heterocycles. The van der Waals surface area contributed by atoms with Crippen LogP contribution in [-0.4, -0.2) is 39.3 Å². The molecule has 0 bridgehead atoms. The van der Waals surface area contributed by atoms with Gasteiger partial charge in [0.1, 0.15) is 0 Å². The first-order valence-corrected chi connectivity index (χ1v) is 6.45. The van der Waals surface area contributed by atoms with Crippen LogP contribution in [0.25, 0.3) is 0 Å². The highest BCUT2D eigenvalue weighted by Crippen LogP contribution is 2.32. The summed E-state index contributed by atoms with van der Waals surface area (Å²) in [5, 5.41) is 3.28. The van der Waals surface area contributed by atoms with E-state index in [4.69, 9.17) is 6.42 Å². The van der Waals surface area contributed by atoms with Gasteiger partial charge in [0.05, 0.1) is 17.9 Å². The summed E-state index contributed by atoms with van der Waals surface area (Å²) in [6, 6.07) is 9.03. The number of anilines is 2. The molecule has 1 atom stereocenters. The molecule has 1 aromatic rings. The third-order valence-electron chi connectivity index (χ3n) is 3.48. The van der Waals surface area contributed by atoms with E-state index in [1.54, 1.807) is 0 Å². The van der Waals surface area contributed by atoms with Crippen LogP contribution in [0, 0.1) is 12.3 Å². The van der Waals surface area contributed by atoms with E-state index in [1.165, 1.54) is 11.4 Å². The van der Waals surface area contributed by atoms with Gasteiger partial charge in [0.25, 0.3) is 0 Å². The highest BCUT2D eigenvalue weighted by Gasteiger charge is 2.23. The molecule has 0 amide bonds. The van der Waals surface area contributed by atoms with Gasteiger partial charge >= 0.3 is 0 Å². The monoisotopic (exact) mass is 243 g/mol. The lowest BCUT2D eigenvalue weighted by molar-refractivity contribution is 0.573. The number of rotatable bonds is 4. The third kappa shape index (κ3) is 2.60. The van der Waals surface area contributed by atoms with Gasteiger partial charge in [-0.05, 0) is 19.1 Å². The van der Waals surface area contributed by atoms with Crippen molar-refractivity contribution < 1.29 is 0 Å². The van der Waals surface area contributed by atoms with Gasteiger partial charge in [0, 0.05) is 32.7 Å². The minimum Gasteiger partial charge on any atom is -0.371 e. The van der Waals surface area contributed by atoms with Crippen LogP contribution in [0.4, 0.5) is 11.4 Å². The summed E-state index contributed by atoms with van der Waals surface area (Å²) >= 11 is 0. The van der Waals surface area contributed by atoms with E-state index in [1.807, 2.05) is 0 Å². The molecule has 2 rings (SSSR count). The molecule has 0 aliphatic carbocycles. The predicted molar refractivity (Wildman–Crippen MR) is 78.2 cm³/mol. The average molecular weight is 243 g/mol. The van der Waals surface area contributed by atoms with Crippen LogP contribution < -0.4 is 15.1 Å². The van der Waals surface area contributed by atoms with Gasteiger partial charge in [-0.3, -0.25) is 0 Å². The van der Waals surface area contributed by atoms with Crippen molar-refractivity contribution in [2.45, 2.75) is 13.0 Å². The van der Waals surface area contributed by atoms with Gasteiger partial charge in [0.15, 0.2) is 0 Å². The molecule has 1 aromatic carbocycles. The molecule has 96 valence electrons. The first kappa shape index (κ1) is 12.8. The Bertz CT molecular complexity index is 436. The van der Waals surface area contributed by atoms with Crippen molar-refractivity contribution in [3.05, 3.63) is 24.3 Å².